The average molecular weight is 515 g/mol. The molecule has 14 heteroatoms. The van der Waals surface area contributed by atoms with E-state index in [0.717, 1.165) is 17.1 Å². The molecule has 1 unspecified atom stereocenters. The Morgan fingerprint density at radius 2 is 2.06 bits per heavy atom. The van der Waals surface area contributed by atoms with Gasteiger partial charge in [0.15, 0.2) is 0 Å². The van der Waals surface area contributed by atoms with Crippen LogP contribution in [0.4, 0.5) is 18.3 Å². The second-order valence-corrected chi connectivity index (χ2v) is 10.7. The summed E-state index contributed by atoms with van der Waals surface area (Å²) in [5.41, 5.74) is 1.37. The predicted molar refractivity (Wildman–Crippen MR) is 117 cm³/mol. The number of alkyl halides is 3. The van der Waals surface area contributed by atoms with Gasteiger partial charge in [0.25, 0.3) is 10.0 Å². The lowest BCUT2D eigenvalue weighted by molar-refractivity contribution is -0.192. The fourth-order valence-corrected chi connectivity index (χ4v) is 6.34. The molecule has 34 heavy (non-hydrogen) atoms. The third kappa shape index (κ3) is 4.49. The molecule has 1 fully saturated rings. The van der Waals surface area contributed by atoms with Crippen molar-refractivity contribution in [3.05, 3.63) is 48.0 Å². The first kappa shape index (κ1) is 23.1. The summed E-state index contributed by atoms with van der Waals surface area (Å²) in [5, 5.41) is 6.92. The van der Waals surface area contributed by atoms with E-state index in [2.05, 4.69) is 24.3 Å². The molecule has 1 saturated heterocycles. The van der Waals surface area contributed by atoms with E-state index >= 15 is 0 Å². The number of likely N-dealkylation sites (tertiary alicyclic amines) is 1. The van der Waals surface area contributed by atoms with Gasteiger partial charge < -0.3 is 4.74 Å². The molecule has 3 aromatic rings. The molecule has 4 heterocycles. The van der Waals surface area contributed by atoms with Crippen LogP contribution in [0.5, 0.6) is 5.75 Å². The van der Waals surface area contributed by atoms with Gasteiger partial charge in [0.1, 0.15) is 12.1 Å². The van der Waals surface area contributed by atoms with Crippen LogP contribution in [-0.2, 0) is 10.0 Å². The number of piperidine rings is 1. The number of hydrogen-bond acceptors (Lipinski definition) is 8. The van der Waals surface area contributed by atoms with Gasteiger partial charge >= 0.3 is 6.18 Å². The highest BCUT2D eigenvalue weighted by atomic mass is 32.2. The minimum atomic E-state index is -4.26. The van der Waals surface area contributed by atoms with Crippen molar-refractivity contribution < 1.29 is 26.3 Å². The number of ether oxygens (including phenoxy) is 1. The summed E-state index contributed by atoms with van der Waals surface area (Å²) in [6.07, 6.45) is -0.980. The quantitative estimate of drug-likeness (QED) is 0.531. The Balaban J connectivity index is 1.44. The van der Waals surface area contributed by atoms with Crippen LogP contribution in [0.1, 0.15) is 42.6 Å². The van der Waals surface area contributed by atoms with E-state index in [0.29, 0.717) is 24.5 Å². The van der Waals surface area contributed by atoms with Gasteiger partial charge in [-0.2, -0.15) is 22.6 Å². The first-order chi connectivity index (χ1) is 16.2. The van der Waals surface area contributed by atoms with Gasteiger partial charge in [0.05, 0.1) is 29.2 Å². The molecular formula is C20H21F3N6O3S2. The zero-order valence-electron chi connectivity index (χ0n) is 17.7. The molecule has 0 bridgehead atoms. The molecule has 0 spiro atoms. The van der Waals surface area contributed by atoms with Crippen LogP contribution >= 0.6 is 11.5 Å². The van der Waals surface area contributed by atoms with Crippen molar-refractivity contribution >= 4 is 26.7 Å². The second-order valence-electron chi connectivity index (χ2n) is 8.23. The number of rotatable bonds is 5. The van der Waals surface area contributed by atoms with Crippen molar-refractivity contribution in [2.24, 2.45) is 5.92 Å². The molecule has 2 N–H and O–H groups in total. The van der Waals surface area contributed by atoms with E-state index in [1.165, 1.54) is 24.7 Å². The van der Waals surface area contributed by atoms with Crippen LogP contribution in [0, 0.1) is 5.92 Å². The summed E-state index contributed by atoms with van der Waals surface area (Å²) in [6.45, 7) is 0.566. The molecule has 0 radical (unpaired) electrons. The lowest BCUT2D eigenvalue weighted by atomic mass is 9.85. The number of halogens is 3. The first-order valence-electron chi connectivity index (χ1n) is 10.6. The number of anilines is 1. The van der Waals surface area contributed by atoms with Gasteiger partial charge in [-0.05, 0) is 25.0 Å². The summed E-state index contributed by atoms with van der Waals surface area (Å²) in [5.74, 6) is -0.993. The molecule has 3 atom stereocenters. The largest absolute Gasteiger partial charge is 0.493 e. The molecule has 0 saturated carbocycles. The van der Waals surface area contributed by atoms with Crippen LogP contribution in [0.25, 0.3) is 0 Å². The van der Waals surface area contributed by atoms with E-state index in [1.807, 2.05) is 4.90 Å². The van der Waals surface area contributed by atoms with Gasteiger partial charge in [-0.25, -0.2) is 13.4 Å². The number of aromatic nitrogens is 4. The predicted octanol–water partition coefficient (Wildman–Crippen LogP) is 3.90. The number of nitrogens with one attached hydrogen (secondary N) is 2. The normalized spacial score (nSPS) is 23.8. The fourth-order valence-electron chi connectivity index (χ4n) is 4.67. The number of sulfonamides is 1. The number of nitrogens with zero attached hydrogens (tertiary/aromatic N) is 4. The van der Waals surface area contributed by atoms with Crippen molar-refractivity contribution in [3.63, 3.8) is 0 Å². The zero-order chi connectivity index (χ0) is 23.9. The van der Waals surface area contributed by atoms with Crippen molar-refractivity contribution in [1.82, 2.24) is 24.5 Å². The molecule has 0 aliphatic carbocycles. The number of H-pyrrole nitrogens is 1. The minimum Gasteiger partial charge on any atom is -0.493 e. The van der Waals surface area contributed by atoms with Gasteiger partial charge in [0.2, 0.25) is 5.13 Å². The number of benzene rings is 1. The van der Waals surface area contributed by atoms with Crippen molar-refractivity contribution in [2.75, 3.05) is 17.9 Å². The van der Waals surface area contributed by atoms with Crippen LogP contribution in [0.3, 0.4) is 0 Å². The summed E-state index contributed by atoms with van der Waals surface area (Å²) in [4.78, 5) is 5.88. The van der Waals surface area contributed by atoms with Crippen LogP contribution in [0.15, 0.2) is 41.7 Å². The molecule has 0 amide bonds. The molecule has 2 aliphatic rings. The Morgan fingerprint density at radius 3 is 2.76 bits per heavy atom. The topological polar surface area (TPSA) is 113 Å². The summed E-state index contributed by atoms with van der Waals surface area (Å²) in [6, 6.07) is 5.57. The summed E-state index contributed by atoms with van der Waals surface area (Å²) in [7, 11) is -3.90. The van der Waals surface area contributed by atoms with Gasteiger partial charge in [0, 0.05) is 48.4 Å². The van der Waals surface area contributed by atoms with E-state index in [9.17, 15) is 21.6 Å². The van der Waals surface area contributed by atoms with E-state index in [4.69, 9.17) is 4.74 Å². The lowest BCUT2D eigenvalue weighted by Crippen LogP contribution is -2.44. The Bertz CT molecular complexity index is 1230. The highest BCUT2D eigenvalue weighted by molar-refractivity contribution is 7.93. The summed E-state index contributed by atoms with van der Waals surface area (Å²) >= 11 is 0.916. The smallest absolute Gasteiger partial charge is 0.391 e. The van der Waals surface area contributed by atoms with Crippen LogP contribution in [0.2, 0.25) is 0 Å². The Kier molecular flexibility index (Phi) is 5.98. The Labute approximate surface area is 197 Å². The summed E-state index contributed by atoms with van der Waals surface area (Å²) < 4.78 is 78.0. The van der Waals surface area contributed by atoms with Gasteiger partial charge in [-0.3, -0.25) is 14.7 Å². The third-order valence-corrected chi connectivity index (χ3v) is 8.32. The van der Waals surface area contributed by atoms with Crippen molar-refractivity contribution in [3.8, 4) is 5.75 Å². The van der Waals surface area contributed by atoms with Gasteiger partial charge in [-0.15, -0.1) is 0 Å². The second kappa shape index (κ2) is 8.82. The van der Waals surface area contributed by atoms with E-state index in [1.54, 1.807) is 12.1 Å². The number of hydrogen-bond donors (Lipinski definition) is 2. The van der Waals surface area contributed by atoms with Crippen molar-refractivity contribution in [2.45, 2.75) is 42.4 Å². The average Bonchev–Trinajstić information content (AvgIpc) is 3.51. The lowest BCUT2D eigenvalue weighted by Gasteiger charge is -2.45. The standard InChI is InChI=1S/C20H21F3N6O3S2/c21-20(22,23)12-4-7-29(17(9-12)15-3-6-25-27-15)16-5-8-32-18-10-13(1-2-14(16)18)34(30,31)28-19-24-11-26-33-19/h1-3,6,10-12,16-17H,4-5,7-9H2,(H,25,27)(H,24,26,28)/t12-,16?,17+/m0/s1. The maximum atomic E-state index is 13.5. The molecule has 2 aliphatic heterocycles. The fraction of sp³-hybridized carbons (Fsp3) is 0.450. The third-order valence-electron chi connectivity index (χ3n) is 6.27. The van der Waals surface area contributed by atoms with Crippen LogP contribution < -0.4 is 9.46 Å². The van der Waals surface area contributed by atoms with Gasteiger partial charge in [-0.1, -0.05) is 6.07 Å². The minimum absolute atomic E-state index is 0.000933. The number of fused-ring (bicyclic) bond motifs is 1. The monoisotopic (exact) mass is 514 g/mol. The van der Waals surface area contributed by atoms with E-state index < -0.39 is 28.2 Å². The molecule has 5 rings (SSSR count). The Morgan fingerprint density at radius 1 is 1.21 bits per heavy atom. The highest BCUT2D eigenvalue weighted by Crippen LogP contribution is 2.47. The van der Waals surface area contributed by atoms with Crippen molar-refractivity contribution in [1.29, 1.82) is 0 Å². The molecule has 2 aromatic heterocycles. The maximum Gasteiger partial charge on any atom is 0.391 e. The van der Waals surface area contributed by atoms with Crippen LogP contribution in [-0.4, -0.2) is 52.2 Å². The number of aromatic amines is 1. The van der Waals surface area contributed by atoms with E-state index in [-0.39, 0.29) is 35.5 Å². The molecule has 9 nitrogen and oxygen atoms in total. The molecule has 1 aromatic carbocycles. The SMILES string of the molecule is O=S(=O)(Nc1ncns1)c1ccc2c(c1)OCCC2N1CC[C@H](C(F)(F)F)C[C@@H]1c1ccn[nH]1. The molecule has 182 valence electrons. The zero-order valence-corrected chi connectivity index (χ0v) is 19.3. The Hall–Kier alpha value is -2.71. The first-order valence-corrected chi connectivity index (χ1v) is 12.9. The maximum absolute atomic E-state index is 13.5. The highest BCUT2D eigenvalue weighted by Gasteiger charge is 2.47. The molecular weight excluding hydrogens is 493 g/mol.